The van der Waals surface area contributed by atoms with Crippen molar-refractivity contribution in [3.05, 3.63) is 36.5 Å². The summed E-state index contributed by atoms with van der Waals surface area (Å²) in [6.45, 7) is 7.91. The lowest BCUT2D eigenvalue weighted by Gasteiger charge is -2.13. The maximum absolute atomic E-state index is 4.29. The summed E-state index contributed by atoms with van der Waals surface area (Å²) in [6, 6.07) is 4.53. The van der Waals surface area contributed by atoms with E-state index in [0.29, 0.717) is 6.04 Å². The predicted molar refractivity (Wildman–Crippen MR) is 61.5 cm³/mol. The van der Waals surface area contributed by atoms with Crippen molar-refractivity contribution in [3.63, 3.8) is 0 Å². The Morgan fingerprint density at radius 1 is 1.57 bits per heavy atom. The number of hydrogen-bond donors (Lipinski definition) is 1. The second-order valence-corrected chi connectivity index (χ2v) is 3.63. The molecular formula is C12H18N2. The molecule has 0 aliphatic rings. The van der Waals surface area contributed by atoms with E-state index in [1.54, 1.807) is 0 Å². The first-order valence-electron chi connectivity index (χ1n) is 5.02. The minimum absolute atomic E-state index is 0.447. The maximum Gasteiger partial charge on any atom is 0.126 e. The van der Waals surface area contributed by atoms with E-state index in [9.17, 15) is 0 Å². The zero-order chi connectivity index (χ0) is 10.4. The quantitative estimate of drug-likeness (QED) is 0.721. The molecule has 0 bridgehead atoms. The fourth-order valence-corrected chi connectivity index (χ4v) is 1.25. The monoisotopic (exact) mass is 190 g/mol. The molecule has 2 heteroatoms. The van der Waals surface area contributed by atoms with Crippen LogP contribution < -0.4 is 5.32 Å². The SMILES string of the molecule is C=CCCC(C)Nc1ccc(C)cn1. The minimum Gasteiger partial charge on any atom is -0.368 e. The Hall–Kier alpha value is -1.31. The molecule has 1 heterocycles. The average molecular weight is 190 g/mol. The predicted octanol–water partition coefficient (Wildman–Crippen LogP) is 3.16. The Balaban J connectivity index is 2.43. The average Bonchev–Trinajstić information content (AvgIpc) is 2.18. The van der Waals surface area contributed by atoms with Crippen molar-refractivity contribution in [2.45, 2.75) is 32.7 Å². The summed E-state index contributed by atoms with van der Waals surface area (Å²) in [5, 5.41) is 3.34. The van der Waals surface area contributed by atoms with Gasteiger partial charge in [-0.2, -0.15) is 0 Å². The van der Waals surface area contributed by atoms with Crippen LogP contribution in [0.2, 0.25) is 0 Å². The van der Waals surface area contributed by atoms with Crippen molar-refractivity contribution in [1.82, 2.24) is 4.98 Å². The van der Waals surface area contributed by atoms with E-state index in [2.05, 4.69) is 29.9 Å². The largest absolute Gasteiger partial charge is 0.368 e. The lowest BCUT2D eigenvalue weighted by molar-refractivity contribution is 0.715. The van der Waals surface area contributed by atoms with Crippen molar-refractivity contribution >= 4 is 5.82 Å². The van der Waals surface area contributed by atoms with Gasteiger partial charge >= 0.3 is 0 Å². The molecule has 0 spiro atoms. The van der Waals surface area contributed by atoms with Crippen LogP contribution in [0.25, 0.3) is 0 Å². The zero-order valence-corrected chi connectivity index (χ0v) is 8.96. The molecule has 0 amide bonds. The number of aromatic nitrogens is 1. The van der Waals surface area contributed by atoms with Gasteiger partial charge in [-0.1, -0.05) is 12.1 Å². The summed E-state index contributed by atoms with van der Waals surface area (Å²) >= 11 is 0. The maximum atomic E-state index is 4.29. The zero-order valence-electron chi connectivity index (χ0n) is 8.96. The molecule has 0 saturated carbocycles. The van der Waals surface area contributed by atoms with Crippen molar-refractivity contribution in [2.75, 3.05) is 5.32 Å². The van der Waals surface area contributed by atoms with Gasteiger partial charge in [0.2, 0.25) is 0 Å². The number of pyridine rings is 1. The van der Waals surface area contributed by atoms with E-state index in [4.69, 9.17) is 0 Å². The first-order valence-corrected chi connectivity index (χ1v) is 5.02. The van der Waals surface area contributed by atoms with Gasteiger partial charge in [0.25, 0.3) is 0 Å². The topological polar surface area (TPSA) is 24.9 Å². The second kappa shape index (κ2) is 5.43. The number of nitrogens with one attached hydrogen (secondary N) is 1. The van der Waals surface area contributed by atoms with Gasteiger partial charge in [-0.3, -0.25) is 0 Å². The lowest BCUT2D eigenvalue weighted by Crippen LogP contribution is -2.15. The first-order chi connectivity index (χ1) is 6.72. The van der Waals surface area contributed by atoms with Crippen LogP contribution in [0.4, 0.5) is 5.82 Å². The first kappa shape index (κ1) is 10.8. The van der Waals surface area contributed by atoms with Crippen molar-refractivity contribution in [3.8, 4) is 0 Å². The highest BCUT2D eigenvalue weighted by atomic mass is 15.0. The van der Waals surface area contributed by atoms with Gasteiger partial charge in [-0.05, 0) is 38.3 Å². The van der Waals surface area contributed by atoms with E-state index in [0.717, 1.165) is 18.7 Å². The van der Waals surface area contributed by atoms with Crippen LogP contribution >= 0.6 is 0 Å². The van der Waals surface area contributed by atoms with Crippen LogP contribution in [-0.2, 0) is 0 Å². The van der Waals surface area contributed by atoms with Crippen LogP contribution in [0.5, 0.6) is 0 Å². The Morgan fingerprint density at radius 2 is 2.36 bits per heavy atom. The summed E-state index contributed by atoms with van der Waals surface area (Å²) in [5.74, 6) is 0.951. The molecule has 1 rings (SSSR count). The molecule has 0 aliphatic heterocycles. The molecule has 0 saturated heterocycles. The van der Waals surface area contributed by atoms with Crippen molar-refractivity contribution < 1.29 is 0 Å². The Bertz CT molecular complexity index is 277. The minimum atomic E-state index is 0.447. The van der Waals surface area contributed by atoms with Gasteiger partial charge in [0, 0.05) is 12.2 Å². The second-order valence-electron chi connectivity index (χ2n) is 3.63. The third-order valence-corrected chi connectivity index (χ3v) is 2.11. The highest BCUT2D eigenvalue weighted by Gasteiger charge is 2.00. The van der Waals surface area contributed by atoms with Crippen LogP contribution in [0, 0.1) is 6.92 Å². The number of hydrogen-bond acceptors (Lipinski definition) is 2. The summed E-state index contributed by atoms with van der Waals surface area (Å²) in [5.41, 5.74) is 1.19. The summed E-state index contributed by atoms with van der Waals surface area (Å²) < 4.78 is 0. The molecule has 1 atom stereocenters. The van der Waals surface area contributed by atoms with Crippen LogP contribution in [0.1, 0.15) is 25.3 Å². The summed E-state index contributed by atoms with van der Waals surface area (Å²) in [7, 11) is 0. The molecule has 1 aromatic rings. The highest BCUT2D eigenvalue weighted by Crippen LogP contribution is 2.08. The van der Waals surface area contributed by atoms with Gasteiger partial charge in [-0.25, -0.2) is 4.98 Å². The molecule has 76 valence electrons. The summed E-state index contributed by atoms with van der Waals surface area (Å²) in [4.78, 5) is 4.29. The standard InChI is InChI=1S/C12H18N2/c1-4-5-6-11(3)14-12-8-7-10(2)9-13-12/h4,7-9,11H,1,5-6H2,2-3H3,(H,13,14). The number of allylic oxidation sites excluding steroid dienone is 1. The smallest absolute Gasteiger partial charge is 0.126 e. The van der Waals surface area contributed by atoms with E-state index in [-0.39, 0.29) is 0 Å². The van der Waals surface area contributed by atoms with Crippen LogP contribution in [0.15, 0.2) is 31.0 Å². The van der Waals surface area contributed by atoms with Gasteiger partial charge in [0.15, 0.2) is 0 Å². The Kier molecular flexibility index (Phi) is 4.17. The lowest BCUT2D eigenvalue weighted by atomic mass is 10.2. The third kappa shape index (κ3) is 3.60. The van der Waals surface area contributed by atoms with Gasteiger partial charge in [0.1, 0.15) is 5.82 Å². The molecule has 0 aliphatic carbocycles. The van der Waals surface area contributed by atoms with E-state index >= 15 is 0 Å². The van der Waals surface area contributed by atoms with Crippen molar-refractivity contribution in [1.29, 1.82) is 0 Å². The number of aryl methyl sites for hydroxylation is 1. The molecule has 2 nitrogen and oxygen atoms in total. The van der Waals surface area contributed by atoms with Crippen LogP contribution in [0.3, 0.4) is 0 Å². The summed E-state index contributed by atoms with van der Waals surface area (Å²) in [6.07, 6.45) is 5.96. The number of nitrogens with zero attached hydrogens (tertiary/aromatic N) is 1. The van der Waals surface area contributed by atoms with E-state index in [1.165, 1.54) is 5.56 Å². The van der Waals surface area contributed by atoms with Gasteiger partial charge in [0.05, 0.1) is 0 Å². The normalized spacial score (nSPS) is 12.1. The van der Waals surface area contributed by atoms with E-state index < -0.39 is 0 Å². The molecule has 1 unspecified atom stereocenters. The molecule has 0 radical (unpaired) electrons. The van der Waals surface area contributed by atoms with Gasteiger partial charge < -0.3 is 5.32 Å². The van der Waals surface area contributed by atoms with Crippen molar-refractivity contribution in [2.24, 2.45) is 0 Å². The number of rotatable bonds is 5. The third-order valence-electron chi connectivity index (χ3n) is 2.11. The van der Waals surface area contributed by atoms with Gasteiger partial charge in [-0.15, -0.1) is 6.58 Å². The van der Waals surface area contributed by atoms with Crippen LogP contribution in [-0.4, -0.2) is 11.0 Å². The fraction of sp³-hybridized carbons (Fsp3) is 0.417. The number of anilines is 1. The molecular weight excluding hydrogens is 172 g/mol. The Morgan fingerprint density at radius 3 is 2.93 bits per heavy atom. The van der Waals surface area contributed by atoms with E-state index in [1.807, 2.05) is 25.3 Å². The molecule has 1 N–H and O–H groups in total. The molecule has 1 aromatic heterocycles. The molecule has 14 heavy (non-hydrogen) atoms. The molecule has 0 fully saturated rings. The fourth-order valence-electron chi connectivity index (χ4n) is 1.25. The molecule has 0 aromatic carbocycles. The highest BCUT2D eigenvalue weighted by molar-refractivity contribution is 5.36. The Labute approximate surface area is 86.1 Å².